The first-order valence-electron chi connectivity index (χ1n) is 5.64. The van der Waals surface area contributed by atoms with Gasteiger partial charge in [-0.1, -0.05) is 29.8 Å². The van der Waals surface area contributed by atoms with Gasteiger partial charge in [-0.3, -0.25) is 5.32 Å². The maximum Gasteiger partial charge on any atom is 0.334 e. The molecule has 2 unspecified atom stereocenters. The maximum absolute atomic E-state index is 11.2. The Morgan fingerprint density at radius 2 is 1.94 bits per heavy atom. The lowest BCUT2D eigenvalue weighted by atomic mass is 10.0. The molecular weight excluding hydrogens is 218 g/mol. The minimum atomic E-state index is -0.936. The van der Waals surface area contributed by atoms with Crippen LogP contribution in [-0.4, -0.2) is 22.9 Å². The Kier molecular flexibility index (Phi) is 2.93. The Labute approximate surface area is 101 Å². The van der Waals surface area contributed by atoms with Crippen LogP contribution in [0, 0.1) is 6.92 Å². The summed E-state index contributed by atoms with van der Waals surface area (Å²) in [6.07, 6.45) is -0.840. The molecule has 1 aromatic carbocycles. The van der Waals surface area contributed by atoms with Crippen LogP contribution >= 0.6 is 0 Å². The molecule has 0 aromatic heterocycles. The van der Waals surface area contributed by atoms with E-state index in [-0.39, 0.29) is 6.04 Å². The third kappa shape index (κ3) is 2.48. The average molecular weight is 235 g/mol. The van der Waals surface area contributed by atoms with Crippen LogP contribution < -0.4 is 5.32 Å². The minimum absolute atomic E-state index is 0.303. The van der Waals surface area contributed by atoms with Crippen molar-refractivity contribution in [2.75, 3.05) is 0 Å². The van der Waals surface area contributed by atoms with Gasteiger partial charge in [-0.2, -0.15) is 0 Å². The molecule has 17 heavy (non-hydrogen) atoms. The van der Waals surface area contributed by atoms with E-state index in [4.69, 9.17) is 9.84 Å². The van der Waals surface area contributed by atoms with E-state index in [9.17, 15) is 4.79 Å². The normalized spacial score (nSPS) is 27.0. The highest BCUT2D eigenvalue weighted by molar-refractivity contribution is 5.74. The first-order chi connectivity index (χ1) is 7.89. The summed E-state index contributed by atoms with van der Waals surface area (Å²) in [7, 11) is 0. The molecule has 92 valence electrons. The van der Waals surface area contributed by atoms with Crippen LogP contribution in [0.2, 0.25) is 0 Å². The van der Waals surface area contributed by atoms with Crippen LogP contribution in [0.25, 0.3) is 0 Å². The van der Waals surface area contributed by atoms with Crippen molar-refractivity contribution in [3.8, 4) is 0 Å². The highest BCUT2D eigenvalue weighted by atomic mass is 16.6. The van der Waals surface area contributed by atoms with Gasteiger partial charge in [-0.05, 0) is 26.3 Å². The summed E-state index contributed by atoms with van der Waals surface area (Å²) >= 11 is 0. The summed E-state index contributed by atoms with van der Waals surface area (Å²) in [5, 5.41) is 12.4. The third-order valence-electron chi connectivity index (χ3n) is 2.91. The number of nitrogens with one attached hydrogen (secondary N) is 1. The molecule has 1 aliphatic heterocycles. The molecule has 2 N–H and O–H groups in total. The Balaban J connectivity index is 2.30. The van der Waals surface area contributed by atoms with Crippen molar-refractivity contribution < 1.29 is 14.6 Å². The van der Waals surface area contributed by atoms with Crippen molar-refractivity contribution >= 4 is 5.97 Å². The number of aliphatic carboxylic acids is 1. The molecule has 4 heteroatoms. The second kappa shape index (κ2) is 4.13. The van der Waals surface area contributed by atoms with Crippen LogP contribution in [0.1, 0.15) is 31.0 Å². The molecule has 0 aliphatic carbocycles. The molecule has 1 saturated heterocycles. The molecule has 1 aromatic rings. The van der Waals surface area contributed by atoms with Crippen molar-refractivity contribution in [2.45, 2.75) is 38.6 Å². The summed E-state index contributed by atoms with van der Waals surface area (Å²) in [6, 6.07) is 7.52. The molecule has 2 atom stereocenters. The molecule has 0 amide bonds. The standard InChI is InChI=1S/C13H17NO3/c1-8-4-6-9(7-5-8)10-11(12(15)16)17-13(2,3)14-10/h4-7,10-11,14H,1-3H3,(H,15,16). The zero-order valence-electron chi connectivity index (χ0n) is 10.2. The van der Waals surface area contributed by atoms with E-state index >= 15 is 0 Å². The lowest BCUT2D eigenvalue weighted by Crippen LogP contribution is -2.34. The number of carbonyl (C=O) groups is 1. The van der Waals surface area contributed by atoms with Gasteiger partial charge in [0.25, 0.3) is 0 Å². The monoisotopic (exact) mass is 235 g/mol. The van der Waals surface area contributed by atoms with E-state index < -0.39 is 17.8 Å². The molecule has 0 spiro atoms. The van der Waals surface area contributed by atoms with Gasteiger partial charge < -0.3 is 9.84 Å². The summed E-state index contributed by atoms with van der Waals surface area (Å²) in [4.78, 5) is 11.2. The predicted molar refractivity (Wildman–Crippen MR) is 63.6 cm³/mol. The number of hydrogen-bond donors (Lipinski definition) is 2. The quantitative estimate of drug-likeness (QED) is 0.821. The van der Waals surface area contributed by atoms with Crippen LogP contribution in [0.4, 0.5) is 0 Å². The van der Waals surface area contributed by atoms with E-state index in [1.807, 2.05) is 45.0 Å². The summed E-state index contributed by atoms with van der Waals surface area (Å²) in [5.41, 5.74) is 1.48. The van der Waals surface area contributed by atoms with Crippen molar-refractivity contribution in [1.29, 1.82) is 0 Å². The van der Waals surface area contributed by atoms with E-state index in [1.54, 1.807) is 0 Å². The minimum Gasteiger partial charge on any atom is -0.479 e. The van der Waals surface area contributed by atoms with E-state index in [0.717, 1.165) is 11.1 Å². The van der Waals surface area contributed by atoms with Crippen molar-refractivity contribution in [3.63, 3.8) is 0 Å². The zero-order valence-corrected chi connectivity index (χ0v) is 10.2. The number of carboxylic acids is 1. The van der Waals surface area contributed by atoms with Crippen LogP contribution in [-0.2, 0) is 9.53 Å². The molecule has 1 fully saturated rings. The predicted octanol–water partition coefficient (Wildman–Crippen LogP) is 1.85. The fraction of sp³-hybridized carbons (Fsp3) is 0.462. The number of aryl methyl sites for hydroxylation is 1. The second-order valence-electron chi connectivity index (χ2n) is 4.92. The number of benzene rings is 1. The van der Waals surface area contributed by atoms with Crippen molar-refractivity contribution in [3.05, 3.63) is 35.4 Å². The number of ether oxygens (including phenoxy) is 1. The molecule has 0 bridgehead atoms. The molecule has 4 nitrogen and oxygen atoms in total. The van der Waals surface area contributed by atoms with Gasteiger partial charge in [-0.15, -0.1) is 0 Å². The van der Waals surface area contributed by atoms with Gasteiger partial charge in [-0.25, -0.2) is 4.79 Å². The largest absolute Gasteiger partial charge is 0.479 e. The Morgan fingerprint density at radius 1 is 1.35 bits per heavy atom. The zero-order chi connectivity index (χ0) is 12.6. The Bertz CT molecular complexity index is 425. The number of rotatable bonds is 2. The third-order valence-corrected chi connectivity index (χ3v) is 2.91. The van der Waals surface area contributed by atoms with E-state index in [0.29, 0.717) is 0 Å². The summed E-state index contributed by atoms with van der Waals surface area (Å²) in [6.45, 7) is 5.66. The first-order valence-corrected chi connectivity index (χ1v) is 5.64. The Hall–Kier alpha value is -1.39. The molecular formula is C13H17NO3. The average Bonchev–Trinajstić information content (AvgIpc) is 2.56. The molecule has 2 rings (SSSR count). The summed E-state index contributed by atoms with van der Waals surface area (Å²) in [5.74, 6) is -0.936. The fourth-order valence-corrected chi connectivity index (χ4v) is 2.09. The molecule has 0 radical (unpaired) electrons. The fourth-order valence-electron chi connectivity index (χ4n) is 2.09. The van der Waals surface area contributed by atoms with Crippen molar-refractivity contribution in [2.24, 2.45) is 0 Å². The van der Waals surface area contributed by atoms with Crippen molar-refractivity contribution in [1.82, 2.24) is 5.32 Å². The summed E-state index contributed by atoms with van der Waals surface area (Å²) < 4.78 is 5.50. The maximum atomic E-state index is 11.2. The molecule has 1 aliphatic rings. The van der Waals surface area contributed by atoms with Gasteiger partial charge in [0.1, 0.15) is 5.72 Å². The van der Waals surface area contributed by atoms with Gasteiger partial charge in [0.05, 0.1) is 6.04 Å². The molecule has 0 saturated carbocycles. The van der Waals surface area contributed by atoms with Crippen LogP contribution in [0.5, 0.6) is 0 Å². The van der Waals surface area contributed by atoms with Gasteiger partial charge in [0.15, 0.2) is 6.10 Å². The van der Waals surface area contributed by atoms with Gasteiger partial charge in [0, 0.05) is 0 Å². The van der Waals surface area contributed by atoms with Crippen LogP contribution in [0.15, 0.2) is 24.3 Å². The highest BCUT2D eigenvalue weighted by Gasteiger charge is 2.44. The number of hydrogen-bond acceptors (Lipinski definition) is 3. The highest BCUT2D eigenvalue weighted by Crippen LogP contribution is 2.31. The van der Waals surface area contributed by atoms with Gasteiger partial charge >= 0.3 is 5.97 Å². The van der Waals surface area contributed by atoms with Gasteiger partial charge in [0.2, 0.25) is 0 Å². The smallest absolute Gasteiger partial charge is 0.334 e. The topological polar surface area (TPSA) is 58.6 Å². The lowest BCUT2D eigenvalue weighted by Gasteiger charge is -2.17. The van der Waals surface area contributed by atoms with E-state index in [2.05, 4.69) is 5.32 Å². The van der Waals surface area contributed by atoms with E-state index in [1.165, 1.54) is 0 Å². The second-order valence-corrected chi connectivity index (χ2v) is 4.92. The van der Waals surface area contributed by atoms with Crippen LogP contribution in [0.3, 0.4) is 0 Å². The first kappa shape index (κ1) is 12.1. The SMILES string of the molecule is Cc1ccc(C2NC(C)(C)OC2C(=O)O)cc1. The lowest BCUT2D eigenvalue weighted by molar-refractivity contribution is -0.153. The molecule has 1 heterocycles. The Morgan fingerprint density at radius 3 is 2.47 bits per heavy atom. The number of carboxylic acid groups (broad SMARTS) is 1.